The lowest BCUT2D eigenvalue weighted by atomic mass is 10.0. The molecule has 1 heterocycles. The summed E-state index contributed by atoms with van der Waals surface area (Å²) < 4.78 is 25.5. The second-order valence-corrected chi connectivity index (χ2v) is 7.90. The van der Waals surface area contributed by atoms with Gasteiger partial charge in [0.2, 0.25) is 10.0 Å². The summed E-state index contributed by atoms with van der Waals surface area (Å²) in [6.07, 6.45) is 3.29. The van der Waals surface area contributed by atoms with Gasteiger partial charge in [-0.25, -0.2) is 12.7 Å². The largest absolute Gasteiger partial charge is 0.242 e. The summed E-state index contributed by atoms with van der Waals surface area (Å²) in [6.45, 7) is 0. The molecule has 102 valence electrons. The molecular formula is C15H13NO2S2. The van der Waals surface area contributed by atoms with Crippen LogP contribution in [0.2, 0.25) is 0 Å². The van der Waals surface area contributed by atoms with Crippen LogP contribution in [0, 0.1) is 6.42 Å². The van der Waals surface area contributed by atoms with Gasteiger partial charge in [0.25, 0.3) is 0 Å². The van der Waals surface area contributed by atoms with Gasteiger partial charge in [-0.3, -0.25) is 0 Å². The van der Waals surface area contributed by atoms with Crippen LogP contribution in [-0.4, -0.2) is 26.8 Å². The van der Waals surface area contributed by atoms with Gasteiger partial charge < -0.3 is 0 Å². The number of hydrogen-bond donors (Lipinski definition) is 0. The second-order valence-electron chi connectivity index (χ2n) is 4.67. The third-order valence-electron chi connectivity index (χ3n) is 3.11. The van der Waals surface area contributed by atoms with Gasteiger partial charge in [0.15, 0.2) is 0 Å². The van der Waals surface area contributed by atoms with Gasteiger partial charge in [0, 0.05) is 23.9 Å². The lowest BCUT2D eigenvalue weighted by Crippen LogP contribution is -2.22. The van der Waals surface area contributed by atoms with Crippen molar-refractivity contribution in [2.24, 2.45) is 0 Å². The molecule has 5 heteroatoms. The van der Waals surface area contributed by atoms with Gasteiger partial charge in [-0.15, -0.1) is 0 Å². The minimum absolute atomic E-state index is 0.300. The van der Waals surface area contributed by atoms with Crippen molar-refractivity contribution in [3.63, 3.8) is 0 Å². The smallest absolute Gasteiger partial charge is 0.207 e. The topological polar surface area (TPSA) is 37.4 Å². The molecule has 0 saturated heterocycles. The molecule has 0 N–H and O–H groups in total. The van der Waals surface area contributed by atoms with Gasteiger partial charge in [0.05, 0.1) is 11.3 Å². The lowest BCUT2D eigenvalue weighted by Gasteiger charge is -2.19. The molecule has 2 radical (unpaired) electrons. The number of benzene rings is 2. The van der Waals surface area contributed by atoms with Crippen molar-refractivity contribution in [1.82, 2.24) is 4.31 Å². The zero-order valence-corrected chi connectivity index (χ0v) is 12.8. The average Bonchev–Trinajstić information content (AvgIpc) is 2.44. The van der Waals surface area contributed by atoms with Crippen molar-refractivity contribution in [3.05, 3.63) is 60.0 Å². The Morgan fingerprint density at radius 1 is 1.00 bits per heavy atom. The van der Waals surface area contributed by atoms with Gasteiger partial charge in [-0.05, 0) is 35.4 Å². The van der Waals surface area contributed by atoms with Crippen LogP contribution >= 0.6 is 11.8 Å². The first-order valence-corrected chi connectivity index (χ1v) is 8.34. The Balaban J connectivity index is 2.05. The third kappa shape index (κ3) is 2.26. The van der Waals surface area contributed by atoms with Gasteiger partial charge in [-0.1, -0.05) is 30.0 Å². The number of rotatable bonds is 2. The Morgan fingerprint density at radius 3 is 2.45 bits per heavy atom. The minimum atomic E-state index is -3.40. The molecule has 0 bridgehead atoms. The summed E-state index contributed by atoms with van der Waals surface area (Å²) in [5.41, 5.74) is 1.83. The maximum Gasteiger partial charge on any atom is 0.242 e. The Kier molecular flexibility index (Phi) is 3.36. The maximum absolute atomic E-state index is 12.2. The van der Waals surface area contributed by atoms with Crippen LogP contribution in [0.3, 0.4) is 0 Å². The molecule has 1 aliphatic heterocycles. The van der Waals surface area contributed by atoms with Crippen LogP contribution in [0.1, 0.15) is 11.1 Å². The Morgan fingerprint density at radius 2 is 1.70 bits per heavy atom. The number of fused-ring (bicyclic) bond motifs is 2. The first-order chi connectivity index (χ1) is 9.48. The van der Waals surface area contributed by atoms with Crippen molar-refractivity contribution in [2.45, 2.75) is 14.7 Å². The highest BCUT2D eigenvalue weighted by molar-refractivity contribution is 7.99. The standard InChI is InChI=1S/C15H13NO2S2/c1-16(2)20(17,18)13-7-8-15-12(10-13)9-11-5-3-4-6-14(11)19-15/h3-8,10H,1-2H3. The van der Waals surface area contributed by atoms with Crippen LogP contribution < -0.4 is 0 Å². The molecule has 0 saturated carbocycles. The molecule has 0 aromatic heterocycles. The van der Waals surface area contributed by atoms with Crippen LogP contribution in [0.4, 0.5) is 0 Å². The van der Waals surface area contributed by atoms with E-state index in [1.54, 1.807) is 23.9 Å². The van der Waals surface area contributed by atoms with Crippen molar-refractivity contribution >= 4 is 21.8 Å². The Bertz CT molecular complexity index is 767. The van der Waals surface area contributed by atoms with E-state index < -0.39 is 10.0 Å². The summed E-state index contributed by atoms with van der Waals surface area (Å²) in [5, 5.41) is 0. The zero-order valence-electron chi connectivity index (χ0n) is 11.1. The summed E-state index contributed by atoms with van der Waals surface area (Å²) >= 11 is 1.64. The van der Waals surface area contributed by atoms with E-state index >= 15 is 0 Å². The third-order valence-corrected chi connectivity index (χ3v) is 6.07. The molecule has 3 rings (SSSR count). The fourth-order valence-corrected chi connectivity index (χ4v) is 3.89. The number of sulfonamides is 1. The molecule has 0 spiro atoms. The summed E-state index contributed by atoms with van der Waals surface area (Å²) in [4.78, 5) is 2.47. The molecular weight excluding hydrogens is 290 g/mol. The van der Waals surface area contributed by atoms with E-state index in [2.05, 4.69) is 6.42 Å². The summed E-state index contributed by atoms with van der Waals surface area (Å²) in [7, 11) is -0.336. The number of hydrogen-bond acceptors (Lipinski definition) is 3. The van der Waals surface area contributed by atoms with E-state index in [9.17, 15) is 8.42 Å². The molecule has 2 aromatic rings. The lowest BCUT2D eigenvalue weighted by molar-refractivity contribution is 0.520. The summed E-state index contributed by atoms with van der Waals surface area (Å²) in [5.74, 6) is 0. The van der Waals surface area contributed by atoms with Crippen LogP contribution in [0.5, 0.6) is 0 Å². The van der Waals surface area contributed by atoms with Crippen molar-refractivity contribution < 1.29 is 8.42 Å². The molecule has 0 amide bonds. The predicted octanol–water partition coefficient (Wildman–Crippen LogP) is 2.88. The quantitative estimate of drug-likeness (QED) is 0.730. The van der Waals surface area contributed by atoms with E-state index in [4.69, 9.17) is 0 Å². The Labute approximate surface area is 123 Å². The molecule has 0 atom stereocenters. The normalized spacial score (nSPS) is 13.9. The molecule has 2 aromatic carbocycles. The molecule has 3 nitrogen and oxygen atoms in total. The van der Waals surface area contributed by atoms with Crippen LogP contribution in [0.15, 0.2) is 57.2 Å². The van der Waals surface area contributed by atoms with E-state index in [1.165, 1.54) is 18.4 Å². The molecule has 0 aliphatic carbocycles. The van der Waals surface area contributed by atoms with Gasteiger partial charge in [-0.2, -0.15) is 0 Å². The Hall–Kier alpha value is -1.30. The van der Waals surface area contributed by atoms with E-state index in [0.29, 0.717) is 4.90 Å². The van der Waals surface area contributed by atoms with Crippen molar-refractivity contribution in [3.8, 4) is 0 Å². The fraction of sp³-hybridized carbons (Fsp3) is 0.133. The zero-order chi connectivity index (χ0) is 14.3. The van der Waals surface area contributed by atoms with Gasteiger partial charge >= 0.3 is 0 Å². The highest BCUT2D eigenvalue weighted by Gasteiger charge is 2.22. The SMILES string of the molecule is CN(C)S(=O)(=O)c1ccc2c(c1)[C]c1ccccc1S2. The van der Waals surface area contributed by atoms with Crippen LogP contribution in [-0.2, 0) is 10.0 Å². The fourth-order valence-electron chi connectivity index (χ4n) is 1.99. The molecule has 0 unspecified atom stereocenters. The first-order valence-electron chi connectivity index (χ1n) is 6.09. The first kappa shape index (κ1) is 13.7. The highest BCUT2D eigenvalue weighted by atomic mass is 32.2. The highest BCUT2D eigenvalue weighted by Crippen LogP contribution is 2.41. The van der Waals surface area contributed by atoms with Crippen molar-refractivity contribution in [1.29, 1.82) is 0 Å². The number of nitrogens with zero attached hydrogens (tertiary/aromatic N) is 1. The van der Waals surface area contributed by atoms with E-state index in [1.807, 2.05) is 30.3 Å². The molecule has 0 fully saturated rings. The maximum atomic E-state index is 12.2. The van der Waals surface area contributed by atoms with Crippen molar-refractivity contribution in [2.75, 3.05) is 14.1 Å². The van der Waals surface area contributed by atoms with E-state index in [0.717, 1.165) is 20.9 Å². The van der Waals surface area contributed by atoms with Gasteiger partial charge in [0.1, 0.15) is 0 Å². The van der Waals surface area contributed by atoms with E-state index in [-0.39, 0.29) is 0 Å². The summed E-state index contributed by atoms with van der Waals surface area (Å²) in [6, 6.07) is 13.2. The average molecular weight is 303 g/mol. The molecule has 20 heavy (non-hydrogen) atoms. The van der Waals surface area contributed by atoms with Crippen LogP contribution in [0.25, 0.3) is 0 Å². The predicted molar refractivity (Wildman–Crippen MR) is 79.3 cm³/mol. The minimum Gasteiger partial charge on any atom is -0.207 e. The monoisotopic (exact) mass is 303 g/mol. The second kappa shape index (κ2) is 4.91. The molecule has 1 aliphatic rings.